The molecular weight excluding hydrogens is 1440 g/mol. The zero-order chi connectivity index (χ0) is 73.7. The van der Waals surface area contributed by atoms with Crippen LogP contribution in [0.15, 0.2) is 241 Å². The second kappa shape index (κ2) is 35.9. The van der Waals surface area contributed by atoms with Gasteiger partial charge in [-0.15, -0.1) is 0 Å². The summed E-state index contributed by atoms with van der Waals surface area (Å²) in [6, 6.07) is 54.0. The van der Waals surface area contributed by atoms with E-state index >= 15 is 0 Å². The molecule has 103 heavy (non-hydrogen) atoms. The molecule has 6 heterocycles. The van der Waals surface area contributed by atoms with Gasteiger partial charge in [-0.25, -0.2) is 15.0 Å². The molecule has 0 spiro atoms. The molecule has 0 aliphatic carbocycles. The molecule has 11 aromatic rings. The highest BCUT2D eigenvalue weighted by atomic mass is 35.5. The Bertz CT molecular complexity index is 4990. The van der Waals surface area contributed by atoms with Gasteiger partial charge in [0, 0.05) is 100 Å². The van der Waals surface area contributed by atoms with Gasteiger partial charge in [0.2, 0.25) is 5.91 Å². The monoisotopic (exact) mass is 1500 g/mol. The summed E-state index contributed by atoms with van der Waals surface area (Å²) in [4.78, 5) is 126. The zero-order valence-electron chi connectivity index (χ0n) is 53.7. The highest BCUT2D eigenvalue weighted by Gasteiger charge is 2.23. The summed E-state index contributed by atoms with van der Waals surface area (Å²) in [7, 11) is -2.61. The second-order valence-corrected chi connectivity index (χ2v) is 24.6. The van der Waals surface area contributed by atoms with E-state index in [-0.39, 0.29) is 62.5 Å². The lowest BCUT2D eigenvalue weighted by Crippen LogP contribution is -2.35. The summed E-state index contributed by atoms with van der Waals surface area (Å²) in [5, 5.41) is 18.4. The number of amides is 7. The number of aromatic nitrogens is 5. The van der Waals surface area contributed by atoms with Gasteiger partial charge in [0.05, 0.1) is 48.8 Å². The van der Waals surface area contributed by atoms with Gasteiger partial charge in [-0.2, -0.15) is 13.2 Å². The number of rotatable bonds is 15. The van der Waals surface area contributed by atoms with E-state index in [2.05, 4.69) is 46.9 Å². The SMILES string of the molecule is Cc1ccc(NC(=O)c2ccc(Cl)cn2)c(C(=O)Nc2ccc(-n3ccccc3=O)cc2)c1.N=S(=O)=O.O=C(Nc1ccc(Cl)cc1C(=O)Nc1ccc(-n2ccccc2=O)cc1)c1ccc(Cl)cn1.O=C(Nc1ccc(Cl)cc1C(=O)Nc1ccc(N2CCCCC2=O)cc1)c1ccc(Cl)cn1. The number of benzene rings is 6. The van der Waals surface area contributed by atoms with Crippen LogP contribution in [0.3, 0.4) is 0 Å². The fourth-order valence-corrected chi connectivity index (χ4v) is 10.4. The number of nitrogens with zero attached hydrogens (tertiary/aromatic N) is 6. The van der Waals surface area contributed by atoms with Gasteiger partial charge in [-0.1, -0.05) is 81.8 Å². The van der Waals surface area contributed by atoms with Gasteiger partial charge in [-0.3, -0.25) is 52.3 Å². The average Bonchev–Trinajstić information content (AvgIpc) is 0.817. The number of halogens is 5. The normalized spacial score (nSPS) is 11.3. The summed E-state index contributed by atoms with van der Waals surface area (Å²) in [6.45, 7) is 2.55. The van der Waals surface area contributed by atoms with Crippen LogP contribution in [0.1, 0.15) is 87.4 Å². The highest BCUT2D eigenvalue weighted by molar-refractivity contribution is 7.60. The van der Waals surface area contributed by atoms with E-state index in [4.69, 9.17) is 71.2 Å². The Morgan fingerprint density at radius 1 is 0.398 bits per heavy atom. The Hall–Kier alpha value is -12.0. The van der Waals surface area contributed by atoms with Crippen molar-refractivity contribution in [3.63, 3.8) is 0 Å². The van der Waals surface area contributed by atoms with E-state index in [0.717, 1.165) is 24.1 Å². The number of pyridine rings is 5. The molecule has 520 valence electrons. The molecule has 24 nitrogen and oxygen atoms in total. The van der Waals surface area contributed by atoms with Crippen molar-refractivity contribution in [1.29, 1.82) is 4.78 Å². The maximum atomic E-state index is 13.0. The zero-order valence-corrected chi connectivity index (χ0v) is 58.3. The highest BCUT2D eigenvalue weighted by Crippen LogP contribution is 2.28. The van der Waals surface area contributed by atoms with Crippen molar-refractivity contribution in [2.24, 2.45) is 0 Å². The van der Waals surface area contributed by atoms with Crippen molar-refractivity contribution in [2.75, 3.05) is 43.3 Å². The summed E-state index contributed by atoms with van der Waals surface area (Å²) in [5.41, 5.74) is 6.34. The first-order valence-corrected chi connectivity index (χ1v) is 33.6. The first-order valence-electron chi connectivity index (χ1n) is 30.6. The number of carbonyl (C=O) groups is 7. The number of hydrogen-bond acceptors (Lipinski definition) is 15. The van der Waals surface area contributed by atoms with Gasteiger partial charge in [0.25, 0.3) is 46.6 Å². The van der Waals surface area contributed by atoms with Crippen LogP contribution in [0, 0.1) is 11.7 Å². The third-order valence-electron chi connectivity index (χ3n) is 14.7. The molecule has 1 aliphatic heterocycles. The topological polar surface area (TPSA) is 336 Å². The molecule has 5 aromatic heterocycles. The van der Waals surface area contributed by atoms with Crippen LogP contribution < -0.4 is 47.9 Å². The minimum absolute atomic E-state index is 0.104. The summed E-state index contributed by atoms with van der Waals surface area (Å²) in [5.74, 6) is -2.64. The first kappa shape index (κ1) is 75.2. The second-order valence-electron chi connectivity index (χ2n) is 21.9. The number of carbonyl (C=O) groups excluding carboxylic acids is 7. The van der Waals surface area contributed by atoms with Gasteiger partial charge in [0.15, 0.2) is 0 Å². The molecule has 12 rings (SSSR count). The van der Waals surface area contributed by atoms with E-state index in [1.165, 1.54) is 76.3 Å². The third kappa shape index (κ3) is 21.5. The standard InChI is InChI=1S/C25H19ClN4O3.C24H20Cl2N4O3.C24H16Cl2N4O3.HNO2S/c1-16-5-11-21(29-25(33)22-12-6-17(26)15-27-22)20(14-16)24(32)28-18-7-9-19(10-8-18)30-13-3-2-4-23(30)31;2*25-15-4-10-20(29-24(33)21-11-5-16(26)14-27-21)19(13-15)23(32)28-17-6-8-18(9-7-17)30-12-2-1-3-22(30)31;1-4(2)3/h2-15H,1H3,(H,28,32)(H,29,33);4-11,13-14H,1-3,12H2,(H,28,32)(H,29,33);1-14H,(H,28,32)(H,29,33);1H. The molecule has 1 fully saturated rings. The van der Waals surface area contributed by atoms with Crippen LogP contribution >= 0.6 is 58.0 Å². The largest absolute Gasteiger partial charge is 0.322 e. The molecule has 6 aromatic carbocycles. The van der Waals surface area contributed by atoms with E-state index < -0.39 is 40.0 Å². The number of anilines is 7. The van der Waals surface area contributed by atoms with Crippen molar-refractivity contribution >= 4 is 150 Å². The molecule has 1 saturated heterocycles. The van der Waals surface area contributed by atoms with E-state index in [1.54, 1.807) is 169 Å². The van der Waals surface area contributed by atoms with Crippen molar-refractivity contribution in [3.05, 3.63) is 316 Å². The molecule has 0 saturated carbocycles. The molecule has 0 radical (unpaired) electrons. The Morgan fingerprint density at radius 3 is 1.08 bits per heavy atom. The predicted octanol–water partition coefficient (Wildman–Crippen LogP) is 14.8. The van der Waals surface area contributed by atoms with E-state index in [9.17, 15) is 43.2 Å². The summed E-state index contributed by atoms with van der Waals surface area (Å²) < 4.78 is 25.8. The molecule has 0 bridgehead atoms. The molecule has 1 aliphatic rings. The van der Waals surface area contributed by atoms with Crippen LogP contribution in [0.25, 0.3) is 11.4 Å². The third-order valence-corrected chi connectivity index (χ3v) is 15.8. The summed E-state index contributed by atoms with van der Waals surface area (Å²) >= 11 is 29.6. The number of aryl methyl sites for hydroxylation is 1. The lowest BCUT2D eigenvalue weighted by molar-refractivity contribution is -0.119. The van der Waals surface area contributed by atoms with Gasteiger partial charge >= 0.3 is 10.5 Å². The van der Waals surface area contributed by atoms with Crippen molar-refractivity contribution < 1.29 is 42.0 Å². The lowest BCUT2D eigenvalue weighted by Gasteiger charge is -2.26. The molecular formula is C73H56Cl5N13O11S. The Kier molecular flexibility index (Phi) is 26.2. The Morgan fingerprint density at radius 2 is 0.738 bits per heavy atom. The molecule has 30 heteroatoms. The number of nitrogens with one attached hydrogen (secondary N) is 7. The Labute approximate surface area is 613 Å². The van der Waals surface area contributed by atoms with Crippen LogP contribution in [0.2, 0.25) is 25.1 Å². The summed E-state index contributed by atoms with van der Waals surface area (Å²) in [6.07, 6.45) is 9.88. The van der Waals surface area contributed by atoms with Crippen LogP contribution in [-0.4, -0.2) is 80.4 Å². The number of piperidine rings is 1. The minimum atomic E-state index is -2.61. The van der Waals surface area contributed by atoms with Crippen molar-refractivity contribution in [3.8, 4) is 11.4 Å². The Balaban J connectivity index is 0.000000175. The first-order chi connectivity index (χ1) is 49.4. The van der Waals surface area contributed by atoms with E-state index in [0.29, 0.717) is 77.8 Å². The fraction of sp³-hybridized carbons (Fsp3) is 0.0685. The fourth-order valence-electron chi connectivity index (χ4n) is 9.76. The van der Waals surface area contributed by atoms with Crippen LogP contribution in [-0.2, 0) is 15.3 Å². The van der Waals surface area contributed by atoms with Crippen molar-refractivity contribution in [2.45, 2.75) is 26.2 Å². The molecule has 0 atom stereocenters. The maximum Gasteiger partial charge on any atom is 0.308 e. The average molecular weight is 1500 g/mol. The lowest BCUT2D eigenvalue weighted by atomic mass is 10.1. The predicted molar refractivity (Wildman–Crippen MR) is 398 cm³/mol. The molecule has 7 amide bonds. The van der Waals surface area contributed by atoms with Crippen LogP contribution in [0.5, 0.6) is 0 Å². The number of hydrogen-bond donors (Lipinski definition) is 7. The smallest absolute Gasteiger partial charge is 0.308 e. The quantitative estimate of drug-likeness (QED) is 0.0502. The minimum Gasteiger partial charge on any atom is -0.322 e. The molecule has 0 unspecified atom stereocenters. The maximum absolute atomic E-state index is 13.0. The van der Waals surface area contributed by atoms with Gasteiger partial charge < -0.3 is 36.8 Å². The van der Waals surface area contributed by atoms with Gasteiger partial charge in [-0.05, 0) is 190 Å². The van der Waals surface area contributed by atoms with Crippen LogP contribution in [0.4, 0.5) is 39.8 Å². The van der Waals surface area contributed by atoms with Crippen molar-refractivity contribution in [1.82, 2.24) is 24.1 Å². The van der Waals surface area contributed by atoms with E-state index in [1.807, 2.05) is 6.92 Å². The molecule has 7 N–H and O–H groups in total. The van der Waals surface area contributed by atoms with Gasteiger partial charge in [0.1, 0.15) is 17.1 Å².